The molecule has 9 nitrogen and oxygen atoms in total. The van der Waals surface area contributed by atoms with E-state index in [1.54, 1.807) is 6.92 Å². The fraction of sp³-hybridized carbons (Fsp3) is 0.500. The molecular formula is C8H10N3O6S-. The van der Waals surface area contributed by atoms with Gasteiger partial charge in [-0.25, -0.2) is 13.2 Å². The number of nitrogens with two attached hydrogens (primary N) is 1. The van der Waals surface area contributed by atoms with Crippen molar-refractivity contribution in [3.8, 4) is 0 Å². The fourth-order valence-electron chi connectivity index (χ4n) is 2.16. The van der Waals surface area contributed by atoms with Crippen LogP contribution < -0.4 is 5.73 Å². The van der Waals surface area contributed by atoms with Crippen LogP contribution in [0.5, 0.6) is 0 Å². The smallest absolute Gasteiger partial charge is 0.346 e. The molecule has 2 atom stereocenters. The molecule has 1 saturated heterocycles. The summed E-state index contributed by atoms with van der Waals surface area (Å²) < 4.78 is 35.6. The van der Waals surface area contributed by atoms with Crippen LogP contribution in [-0.4, -0.2) is 53.5 Å². The van der Waals surface area contributed by atoms with Crippen molar-refractivity contribution >= 4 is 22.3 Å². The topological polar surface area (TPSA) is 133 Å². The van der Waals surface area contributed by atoms with Crippen LogP contribution >= 0.6 is 0 Å². The number of primary amides is 1. The lowest BCUT2D eigenvalue weighted by atomic mass is 10.0. The minimum Gasteiger partial charge on any atom is -0.724 e. The zero-order valence-corrected chi connectivity index (χ0v) is 10.1. The highest BCUT2D eigenvalue weighted by Crippen LogP contribution is 2.29. The van der Waals surface area contributed by atoms with Crippen LogP contribution in [0.3, 0.4) is 0 Å². The number of hydrogen-bond acceptors (Lipinski definition) is 6. The first-order valence-electron chi connectivity index (χ1n) is 4.93. The van der Waals surface area contributed by atoms with Gasteiger partial charge in [-0.15, -0.1) is 0 Å². The molecule has 2 aliphatic heterocycles. The first-order chi connectivity index (χ1) is 8.20. The molecule has 2 aliphatic rings. The van der Waals surface area contributed by atoms with Crippen molar-refractivity contribution in [1.29, 1.82) is 0 Å². The number of fused-ring (bicyclic) bond motifs is 2. The Hall–Kier alpha value is -1.65. The van der Waals surface area contributed by atoms with Crippen LogP contribution in [0.2, 0.25) is 0 Å². The van der Waals surface area contributed by atoms with Gasteiger partial charge in [-0.2, -0.15) is 9.35 Å². The van der Waals surface area contributed by atoms with Crippen LogP contribution in [0.15, 0.2) is 11.6 Å². The maximum absolute atomic E-state index is 11.8. The molecule has 18 heavy (non-hydrogen) atoms. The van der Waals surface area contributed by atoms with Crippen molar-refractivity contribution in [2.45, 2.75) is 19.0 Å². The second kappa shape index (κ2) is 3.93. The van der Waals surface area contributed by atoms with Gasteiger partial charge in [0.1, 0.15) is 6.04 Å². The van der Waals surface area contributed by atoms with E-state index in [-0.39, 0.29) is 6.54 Å². The van der Waals surface area contributed by atoms with E-state index in [2.05, 4.69) is 4.28 Å². The summed E-state index contributed by atoms with van der Waals surface area (Å²) in [6.45, 7) is 1.62. The predicted molar refractivity (Wildman–Crippen MR) is 55.3 cm³/mol. The van der Waals surface area contributed by atoms with Gasteiger partial charge in [0, 0.05) is 0 Å². The van der Waals surface area contributed by atoms with Crippen molar-refractivity contribution in [2.24, 2.45) is 5.73 Å². The molecule has 0 aromatic heterocycles. The number of rotatable bonds is 3. The Morgan fingerprint density at radius 1 is 1.61 bits per heavy atom. The SMILES string of the molecule is CC1=C[C@H]2CN(C(=O)N2OS(=O)(=O)[O-])[C@@H]1C(N)=O. The lowest BCUT2D eigenvalue weighted by Crippen LogP contribution is -2.48. The fourth-order valence-corrected chi connectivity index (χ4v) is 2.53. The van der Waals surface area contributed by atoms with E-state index in [1.165, 1.54) is 6.08 Å². The normalized spacial score (nSPS) is 27.4. The third-order valence-corrected chi connectivity index (χ3v) is 3.10. The van der Waals surface area contributed by atoms with E-state index >= 15 is 0 Å². The van der Waals surface area contributed by atoms with E-state index < -0.39 is 34.4 Å². The second-order valence-electron chi connectivity index (χ2n) is 4.03. The summed E-state index contributed by atoms with van der Waals surface area (Å²) in [5.74, 6) is -0.734. The zero-order valence-electron chi connectivity index (χ0n) is 9.27. The molecule has 2 bridgehead atoms. The summed E-state index contributed by atoms with van der Waals surface area (Å²) in [4.78, 5) is 24.1. The number of urea groups is 1. The molecule has 0 aromatic rings. The van der Waals surface area contributed by atoms with E-state index in [4.69, 9.17) is 5.73 Å². The molecule has 2 rings (SSSR count). The monoisotopic (exact) mass is 276 g/mol. The van der Waals surface area contributed by atoms with Gasteiger partial charge in [0.25, 0.3) is 0 Å². The third-order valence-electron chi connectivity index (χ3n) is 2.76. The van der Waals surface area contributed by atoms with Gasteiger partial charge in [-0.3, -0.25) is 4.79 Å². The number of amides is 3. The Morgan fingerprint density at radius 2 is 2.22 bits per heavy atom. The maximum atomic E-state index is 11.8. The Morgan fingerprint density at radius 3 is 2.72 bits per heavy atom. The van der Waals surface area contributed by atoms with Crippen LogP contribution in [0.1, 0.15) is 6.92 Å². The highest BCUT2D eigenvalue weighted by Gasteiger charge is 2.47. The lowest BCUT2D eigenvalue weighted by molar-refractivity contribution is -0.121. The molecule has 2 N–H and O–H groups in total. The van der Waals surface area contributed by atoms with Gasteiger partial charge in [0.15, 0.2) is 0 Å². The number of hydroxylamine groups is 2. The summed E-state index contributed by atoms with van der Waals surface area (Å²) in [5, 5.41) is 0.439. The summed E-state index contributed by atoms with van der Waals surface area (Å²) >= 11 is 0. The summed E-state index contributed by atoms with van der Waals surface area (Å²) in [6.07, 6.45) is 1.47. The molecule has 0 unspecified atom stereocenters. The third kappa shape index (κ3) is 2.05. The lowest BCUT2D eigenvalue weighted by Gasteiger charge is -2.27. The molecule has 0 spiro atoms. The Balaban J connectivity index is 2.33. The molecule has 0 aromatic carbocycles. The molecule has 1 fully saturated rings. The van der Waals surface area contributed by atoms with Crippen LogP contribution in [-0.2, 0) is 19.5 Å². The number of carbonyl (C=O) groups is 2. The number of carbonyl (C=O) groups excluding carboxylic acids is 2. The van der Waals surface area contributed by atoms with Crippen molar-refractivity contribution in [3.05, 3.63) is 11.6 Å². The molecule has 0 saturated carbocycles. The summed E-state index contributed by atoms with van der Waals surface area (Å²) in [5.41, 5.74) is 5.67. The van der Waals surface area contributed by atoms with Gasteiger partial charge >= 0.3 is 6.03 Å². The standard InChI is InChI=1S/C8H11N3O6S/c1-4-2-5-3-10(6(4)7(9)12)8(13)11(5)17-18(14,15)16/h2,5-6H,3H2,1H3,(H2,9,12)(H,14,15,16)/p-1/t5-,6-/m0/s1. The molecule has 10 heteroatoms. The van der Waals surface area contributed by atoms with Crippen LogP contribution in [0, 0.1) is 0 Å². The molecule has 0 aliphatic carbocycles. The summed E-state index contributed by atoms with van der Waals surface area (Å²) in [6, 6.07) is -2.55. The predicted octanol–water partition coefficient (Wildman–Crippen LogP) is -1.70. The van der Waals surface area contributed by atoms with Crippen molar-refractivity contribution < 1.29 is 26.8 Å². The average Bonchev–Trinajstić information content (AvgIpc) is 2.41. The highest BCUT2D eigenvalue weighted by molar-refractivity contribution is 7.80. The minimum absolute atomic E-state index is 0.0410. The van der Waals surface area contributed by atoms with E-state index in [0.717, 1.165) is 4.90 Å². The van der Waals surface area contributed by atoms with E-state index in [0.29, 0.717) is 10.6 Å². The quantitative estimate of drug-likeness (QED) is 0.371. The first kappa shape index (κ1) is 12.8. The molecule has 100 valence electrons. The highest BCUT2D eigenvalue weighted by atomic mass is 32.3. The molecular weight excluding hydrogens is 266 g/mol. The van der Waals surface area contributed by atoms with Gasteiger partial charge in [0.2, 0.25) is 16.3 Å². The van der Waals surface area contributed by atoms with Crippen molar-refractivity contribution in [1.82, 2.24) is 9.96 Å². The van der Waals surface area contributed by atoms with Crippen LogP contribution in [0.25, 0.3) is 0 Å². The minimum atomic E-state index is -5.05. The van der Waals surface area contributed by atoms with Crippen LogP contribution in [0.4, 0.5) is 4.79 Å². The largest absolute Gasteiger partial charge is 0.724 e. The molecule has 2 heterocycles. The van der Waals surface area contributed by atoms with Crippen molar-refractivity contribution in [3.63, 3.8) is 0 Å². The van der Waals surface area contributed by atoms with Gasteiger partial charge in [-0.1, -0.05) is 6.08 Å². The first-order valence-corrected chi connectivity index (χ1v) is 6.27. The van der Waals surface area contributed by atoms with E-state index in [9.17, 15) is 22.6 Å². The summed E-state index contributed by atoms with van der Waals surface area (Å²) in [7, 11) is -5.05. The molecule has 3 amide bonds. The second-order valence-corrected chi connectivity index (χ2v) is 4.99. The Bertz CT molecular complexity index is 541. The number of nitrogens with zero attached hydrogens (tertiary/aromatic N) is 2. The van der Waals surface area contributed by atoms with Gasteiger partial charge in [0.05, 0.1) is 12.6 Å². The number of hydrogen-bond donors (Lipinski definition) is 1. The Kier molecular flexibility index (Phi) is 2.80. The average molecular weight is 276 g/mol. The Labute approximate surface area is 103 Å². The van der Waals surface area contributed by atoms with E-state index in [1.807, 2.05) is 0 Å². The maximum Gasteiger partial charge on any atom is 0.346 e. The van der Waals surface area contributed by atoms with Gasteiger partial charge < -0.3 is 15.2 Å². The zero-order chi connectivity index (χ0) is 13.7. The molecule has 0 radical (unpaired) electrons. The van der Waals surface area contributed by atoms with Crippen molar-refractivity contribution in [2.75, 3.05) is 6.54 Å². The van der Waals surface area contributed by atoms with Gasteiger partial charge in [-0.05, 0) is 12.5 Å².